The van der Waals surface area contributed by atoms with Gasteiger partial charge in [-0.1, -0.05) is 37.1 Å². The number of nitrogens with one attached hydrogen (secondary N) is 1. The number of aromatic nitrogens is 2. The van der Waals surface area contributed by atoms with Crippen molar-refractivity contribution in [1.29, 1.82) is 0 Å². The molecule has 1 aromatic carbocycles. The Balaban J connectivity index is 1.98. The highest BCUT2D eigenvalue weighted by molar-refractivity contribution is 6.32. The number of carbonyl (C=O) groups excluding carboxylic acids is 2. The lowest BCUT2D eigenvalue weighted by Crippen LogP contribution is -2.21. The van der Waals surface area contributed by atoms with E-state index in [1.165, 1.54) is 7.11 Å². The standard InChI is InChI=1S/C18H22ClN3O4/c1-4-5-10-22-17(19)16(12(2)21-22)18(24)26-11-15(23)20-13-8-6-7-9-14(13)25-3/h6-9H,4-5,10-11H2,1-3H3,(H,20,23). The molecule has 0 fully saturated rings. The Bertz CT molecular complexity index is 789. The number of methoxy groups -OCH3 is 1. The van der Waals surface area contributed by atoms with Crippen molar-refractivity contribution >= 4 is 29.2 Å². The van der Waals surface area contributed by atoms with Crippen LogP contribution in [0.1, 0.15) is 35.8 Å². The Morgan fingerprint density at radius 2 is 2.04 bits per heavy atom. The summed E-state index contributed by atoms with van der Waals surface area (Å²) in [4.78, 5) is 24.3. The van der Waals surface area contributed by atoms with Crippen LogP contribution in [-0.2, 0) is 16.1 Å². The molecule has 1 amide bonds. The number of carbonyl (C=O) groups is 2. The van der Waals surface area contributed by atoms with Crippen molar-refractivity contribution in [3.05, 3.63) is 40.7 Å². The van der Waals surface area contributed by atoms with Gasteiger partial charge in [0.2, 0.25) is 0 Å². The van der Waals surface area contributed by atoms with Gasteiger partial charge in [-0.25, -0.2) is 4.79 Å². The highest BCUT2D eigenvalue weighted by atomic mass is 35.5. The largest absolute Gasteiger partial charge is 0.495 e. The van der Waals surface area contributed by atoms with Crippen LogP contribution in [0.5, 0.6) is 5.75 Å². The topological polar surface area (TPSA) is 82.5 Å². The van der Waals surface area contributed by atoms with Gasteiger partial charge >= 0.3 is 5.97 Å². The lowest BCUT2D eigenvalue weighted by molar-refractivity contribution is -0.119. The van der Waals surface area contributed by atoms with Crippen LogP contribution >= 0.6 is 11.6 Å². The van der Waals surface area contributed by atoms with E-state index in [4.69, 9.17) is 21.1 Å². The van der Waals surface area contributed by atoms with Gasteiger partial charge in [0, 0.05) is 6.54 Å². The molecule has 0 bridgehead atoms. The molecule has 0 spiro atoms. The number of anilines is 1. The van der Waals surface area contributed by atoms with E-state index in [-0.39, 0.29) is 10.7 Å². The molecule has 1 N–H and O–H groups in total. The maximum absolute atomic E-state index is 12.3. The predicted molar refractivity (Wildman–Crippen MR) is 98.8 cm³/mol. The van der Waals surface area contributed by atoms with Crippen LogP contribution in [0.25, 0.3) is 0 Å². The quantitative estimate of drug-likeness (QED) is 0.710. The summed E-state index contributed by atoms with van der Waals surface area (Å²) < 4.78 is 11.8. The molecule has 26 heavy (non-hydrogen) atoms. The Morgan fingerprint density at radius 1 is 1.31 bits per heavy atom. The number of aryl methyl sites for hydroxylation is 2. The summed E-state index contributed by atoms with van der Waals surface area (Å²) in [6.07, 6.45) is 1.88. The van der Waals surface area contributed by atoms with Gasteiger partial charge in [0.1, 0.15) is 16.5 Å². The second kappa shape index (κ2) is 9.24. The number of esters is 1. The zero-order valence-corrected chi connectivity index (χ0v) is 15.8. The molecule has 0 saturated carbocycles. The molecular weight excluding hydrogens is 358 g/mol. The van der Waals surface area contributed by atoms with Gasteiger partial charge in [-0.15, -0.1) is 0 Å². The fraction of sp³-hybridized carbons (Fsp3) is 0.389. The normalized spacial score (nSPS) is 10.5. The molecule has 1 aromatic heterocycles. The predicted octanol–water partition coefficient (Wildman–Crippen LogP) is 3.45. The van der Waals surface area contributed by atoms with E-state index in [2.05, 4.69) is 17.3 Å². The first-order chi connectivity index (χ1) is 12.5. The lowest BCUT2D eigenvalue weighted by atomic mass is 10.2. The summed E-state index contributed by atoms with van der Waals surface area (Å²) in [6.45, 7) is 3.92. The summed E-state index contributed by atoms with van der Waals surface area (Å²) in [5, 5.41) is 7.12. The number of ether oxygens (including phenoxy) is 2. The number of nitrogens with zero attached hydrogens (tertiary/aromatic N) is 2. The van der Waals surface area contributed by atoms with Crippen LogP contribution in [0, 0.1) is 6.92 Å². The van der Waals surface area contributed by atoms with Crippen molar-refractivity contribution in [2.45, 2.75) is 33.2 Å². The first kappa shape index (κ1) is 19.8. The smallest absolute Gasteiger partial charge is 0.343 e. The van der Waals surface area contributed by atoms with Crippen LogP contribution in [-0.4, -0.2) is 35.4 Å². The number of hydrogen-bond donors (Lipinski definition) is 1. The Labute approximate surface area is 157 Å². The highest BCUT2D eigenvalue weighted by Gasteiger charge is 2.22. The molecule has 2 rings (SSSR count). The minimum absolute atomic E-state index is 0.188. The van der Waals surface area contributed by atoms with Crippen molar-refractivity contribution in [3.8, 4) is 5.75 Å². The molecule has 0 radical (unpaired) electrons. The molecular formula is C18H22ClN3O4. The summed E-state index contributed by atoms with van der Waals surface area (Å²) >= 11 is 6.23. The van der Waals surface area contributed by atoms with E-state index >= 15 is 0 Å². The molecule has 1 heterocycles. The second-order valence-corrected chi connectivity index (χ2v) is 6.01. The maximum atomic E-state index is 12.3. The lowest BCUT2D eigenvalue weighted by Gasteiger charge is -2.10. The van der Waals surface area contributed by atoms with Gasteiger partial charge in [-0.3, -0.25) is 9.48 Å². The zero-order valence-electron chi connectivity index (χ0n) is 15.0. The molecule has 0 unspecified atom stereocenters. The van der Waals surface area contributed by atoms with E-state index in [1.54, 1.807) is 35.9 Å². The Morgan fingerprint density at radius 3 is 2.73 bits per heavy atom. The van der Waals surface area contributed by atoms with Crippen LogP contribution in [0.3, 0.4) is 0 Å². The summed E-state index contributed by atoms with van der Waals surface area (Å²) in [6, 6.07) is 6.96. The highest BCUT2D eigenvalue weighted by Crippen LogP contribution is 2.23. The number of rotatable bonds is 8. The molecule has 0 aliphatic carbocycles. The van der Waals surface area contributed by atoms with E-state index in [0.29, 0.717) is 23.7 Å². The van der Waals surface area contributed by atoms with Crippen LogP contribution in [0.4, 0.5) is 5.69 Å². The molecule has 7 nitrogen and oxygen atoms in total. The van der Waals surface area contributed by atoms with Crippen molar-refractivity contribution < 1.29 is 19.1 Å². The number of unbranched alkanes of at least 4 members (excludes halogenated alkanes) is 1. The third kappa shape index (κ3) is 4.76. The van der Waals surface area contributed by atoms with Crippen molar-refractivity contribution in [2.75, 3.05) is 19.0 Å². The Kier molecular flexibility index (Phi) is 7.03. The van der Waals surface area contributed by atoms with E-state index in [9.17, 15) is 9.59 Å². The molecule has 8 heteroatoms. The number of halogens is 1. The zero-order chi connectivity index (χ0) is 19.1. The number of amides is 1. The molecule has 0 aliphatic heterocycles. The minimum atomic E-state index is -0.676. The fourth-order valence-electron chi connectivity index (χ4n) is 2.38. The second-order valence-electron chi connectivity index (χ2n) is 5.65. The maximum Gasteiger partial charge on any atom is 0.343 e. The van der Waals surface area contributed by atoms with Crippen LogP contribution in [0.15, 0.2) is 24.3 Å². The average molecular weight is 380 g/mol. The summed E-state index contributed by atoms with van der Waals surface area (Å²) in [7, 11) is 1.51. The van der Waals surface area contributed by atoms with E-state index in [1.807, 2.05) is 0 Å². The summed E-state index contributed by atoms with van der Waals surface area (Å²) in [5.41, 5.74) is 1.16. The van der Waals surface area contributed by atoms with Crippen molar-refractivity contribution in [1.82, 2.24) is 9.78 Å². The fourth-order valence-corrected chi connectivity index (χ4v) is 2.71. The number of benzene rings is 1. The van der Waals surface area contributed by atoms with Crippen LogP contribution in [0.2, 0.25) is 5.15 Å². The molecule has 0 aliphatic rings. The van der Waals surface area contributed by atoms with E-state index < -0.39 is 18.5 Å². The van der Waals surface area contributed by atoms with Gasteiger partial charge in [0.25, 0.3) is 5.91 Å². The third-order valence-corrected chi connectivity index (χ3v) is 4.09. The van der Waals surface area contributed by atoms with Gasteiger partial charge < -0.3 is 14.8 Å². The SMILES string of the molecule is CCCCn1nc(C)c(C(=O)OCC(=O)Nc2ccccc2OC)c1Cl. The number of para-hydroxylation sites is 2. The van der Waals surface area contributed by atoms with Gasteiger partial charge in [0.05, 0.1) is 18.5 Å². The van der Waals surface area contributed by atoms with Crippen molar-refractivity contribution in [3.63, 3.8) is 0 Å². The minimum Gasteiger partial charge on any atom is -0.495 e. The van der Waals surface area contributed by atoms with Gasteiger partial charge in [-0.2, -0.15) is 5.10 Å². The van der Waals surface area contributed by atoms with Gasteiger partial charge in [0.15, 0.2) is 6.61 Å². The first-order valence-corrected chi connectivity index (χ1v) is 8.68. The summed E-state index contributed by atoms with van der Waals surface area (Å²) in [5.74, 6) is -0.635. The molecule has 2 aromatic rings. The van der Waals surface area contributed by atoms with Gasteiger partial charge in [-0.05, 0) is 25.5 Å². The third-order valence-electron chi connectivity index (χ3n) is 3.71. The molecule has 0 saturated heterocycles. The first-order valence-electron chi connectivity index (χ1n) is 8.30. The average Bonchev–Trinajstić information content (AvgIpc) is 2.92. The molecule has 140 valence electrons. The Hall–Kier alpha value is -2.54. The number of hydrogen-bond acceptors (Lipinski definition) is 5. The molecule has 0 atom stereocenters. The van der Waals surface area contributed by atoms with E-state index in [0.717, 1.165) is 12.8 Å². The monoisotopic (exact) mass is 379 g/mol. The van der Waals surface area contributed by atoms with Crippen molar-refractivity contribution in [2.24, 2.45) is 0 Å². The van der Waals surface area contributed by atoms with Crippen LogP contribution < -0.4 is 10.1 Å².